The fourth-order valence-electron chi connectivity index (χ4n) is 3.79. The molecule has 1 heterocycles. The van der Waals surface area contributed by atoms with Crippen molar-refractivity contribution < 1.29 is 17.9 Å². The number of rotatable bonds is 7. The van der Waals surface area contributed by atoms with E-state index in [2.05, 4.69) is 19.2 Å². The van der Waals surface area contributed by atoms with E-state index in [1.54, 1.807) is 30.3 Å². The summed E-state index contributed by atoms with van der Waals surface area (Å²) >= 11 is 0. The van der Waals surface area contributed by atoms with Gasteiger partial charge < -0.3 is 10.1 Å². The van der Waals surface area contributed by atoms with Crippen LogP contribution in [-0.4, -0.2) is 32.7 Å². The first-order chi connectivity index (χ1) is 13.8. The van der Waals surface area contributed by atoms with Crippen molar-refractivity contribution in [2.24, 2.45) is 0 Å². The highest BCUT2D eigenvalue weighted by Gasteiger charge is 2.39. The fraction of sp³-hybridized carbons (Fsp3) is 0.409. The van der Waals surface area contributed by atoms with Gasteiger partial charge in [0.25, 0.3) is 0 Å². The molecule has 1 amide bonds. The molecule has 29 heavy (non-hydrogen) atoms. The minimum absolute atomic E-state index is 0.232. The molecule has 0 bridgehead atoms. The molecule has 1 N–H and O–H groups in total. The Morgan fingerprint density at radius 2 is 1.72 bits per heavy atom. The first-order valence-electron chi connectivity index (χ1n) is 9.88. The molecule has 3 rings (SSSR count). The van der Waals surface area contributed by atoms with Crippen LogP contribution in [0.3, 0.4) is 0 Å². The quantitative estimate of drug-likeness (QED) is 0.748. The van der Waals surface area contributed by atoms with Gasteiger partial charge in [-0.2, -0.15) is 0 Å². The Morgan fingerprint density at radius 1 is 1.10 bits per heavy atom. The second-order valence-corrected chi connectivity index (χ2v) is 9.37. The van der Waals surface area contributed by atoms with Gasteiger partial charge in [-0.05, 0) is 31.0 Å². The van der Waals surface area contributed by atoms with Crippen molar-refractivity contribution in [1.82, 2.24) is 5.32 Å². The zero-order valence-corrected chi connectivity index (χ0v) is 17.9. The standard InChI is InChI=1S/C22H28N2O4S/c1-4-22(5-2)15-19(18-13-9-10-14-20(18)28-22)23-21(25)16-24(29(3,26)27)17-11-7-6-8-12-17/h6-14,19H,4-5,15-16H2,1-3H3,(H,23,25)/t19-/m0/s1. The third kappa shape index (κ3) is 4.72. The third-order valence-corrected chi connectivity index (χ3v) is 6.69. The molecule has 1 aliphatic rings. The lowest BCUT2D eigenvalue weighted by Crippen LogP contribution is -2.47. The lowest BCUT2D eigenvalue weighted by Gasteiger charge is -2.41. The molecule has 1 atom stereocenters. The molecule has 0 saturated carbocycles. The van der Waals surface area contributed by atoms with Gasteiger partial charge >= 0.3 is 0 Å². The zero-order chi connectivity index (χ0) is 21.1. The Labute approximate surface area is 172 Å². The Kier molecular flexibility index (Phi) is 6.17. The maximum Gasteiger partial charge on any atom is 0.241 e. The van der Waals surface area contributed by atoms with Crippen LogP contribution in [0, 0.1) is 0 Å². The zero-order valence-electron chi connectivity index (χ0n) is 17.1. The van der Waals surface area contributed by atoms with Gasteiger partial charge in [-0.3, -0.25) is 9.10 Å². The highest BCUT2D eigenvalue weighted by Crippen LogP contribution is 2.42. The third-order valence-electron chi connectivity index (χ3n) is 5.55. The lowest BCUT2D eigenvalue weighted by molar-refractivity contribution is -0.121. The Balaban J connectivity index is 1.83. The predicted octanol–water partition coefficient (Wildman–Crippen LogP) is 3.65. The number of hydrogen-bond acceptors (Lipinski definition) is 4. The molecule has 6 nitrogen and oxygen atoms in total. The number of ether oxygens (including phenoxy) is 1. The molecule has 156 valence electrons. The minimum atomic E-state index is -3.60. The van der Waals surface area contributed by atoms with E-state index in [-0.39, 0.29) is 24.1 Å². The van der Waals surface area contributed by atoms with Gasteiger partial charge in [-0.25, -0.2) is 8.42 Å². The van der Waals surface area contributed by atoms with Crippen molar-refractivity contribution >= 4 is 21.6 Å². The van der Waals surface area contributed by atoms with E-state index in [1.165, 1.54) is 0 Å². The van der Waals surface area contributed by atoms with Crippen molar-refractivity contribution in [3.63, 3.8) is 0 Å². The summed E-state index contributed by atoms with van der Waals surface area (Å²) in [4.78, 5) is 12.9. The number of nitrogens with zero attached hydrogens (tertiary/aromatic N) is 1. The van der Waals surface area contributed by atoms with Crippen LogP contribution in [0.2, 0.25) is 0 Å². The van der Waals surface area contributed by atoms with Crippen LogP contribution in [-0.2, 0) is 14.8 Å². The summed E-state index contributed by atoms with van der Waals surface area (Å²) < 4.78 is 32.0. The maximum atomic E-state index is 12.9. The largest absolute Gasteiger partial charge is 0.487 e. The Bertz CT molecular complexity index is 956. The molecule has 0 unspecified atom stereocenters. The van der Waals surface area contributed by atoms with Crippen molar-refractivity contribution in [2.45, 2.75) is 44.8 Å². The lowest BCUT2D eigenvalue weighted by atomic mass is 9.83. The van der Waals surface area contributed by atoms with Crippen LogP contribution in [0.25, 0.3) is 0 Å². The second-order valence-electron chi connectivity index (χ2n) is 7.46. The summed E-state index contributed by atoms with van der Waals surface area (Å²) in [6.45, 7) is 3.89. The summed E-state index contributed by atoms with van der Waals surface area (Å²) in [6.07, 6.45) is 3.40. The molecular formula is C22H28N2O4S. The van der Waals surface area contributed by atoms with Gasteiger partial charge in [-0.1, -0.05) is 50.2 Å². The number of nitrogens with one attached hydrogen (secondary N) is 1. The molecule has 0 fully saturated rings. The van der Waals surface area contributed by atoms with E-state index in [4.69, 9.17) is 4.74 Å². The predicted molar refractivity (Wildman–Crippen MR) is 115 cm³/mol. The van der Waals surface area contributed by atoms with Crippen LogP contribution in [0.5, 0.6) is 5.75 Å². The molecule has 0 radical (unpaired) electrons. The SMILES string of the molecule is CCC1(CC)C[C@H](NC(=O)CN(c2ccccc2)S(C)(=O)=O)c2ccccc2O1. The van der Waals surface area contributed by atoms with Crippen LogP contribution in [0.4, 0.5) is 5.69 Å². The monoisotopic (exact) mass is 416 g/mol. The van der Waals surface area contributed by atoms with Gasteiger partial charge in [0.05, 0.1) is 18.0 Å². The molecule has 1 aliphatic heterocycles. The first-order valence-corrected chi connectivity index (χ1v) is 11.7. The number of carbonyl (C=O) groups excluding carboxylic acids is 1. The number of sulfonamides is 1. The van der Waals surface area contributed by atoms with E-state index < -0.39 is 10.0 Å². The number of para-hydroxylation sites is 2. The average molecular weight is 417 g/mol. The number of carbonyl (C=O) groups is 1. The van der Waals surface area contributed by atoms with E-state index in [0.29, 0.717) is 12.1 Å². The Hall–Kier alpha value is -2.54. The number of amides is 1. The van der Waals surface area contributed by atoms with E-state index in [9.17, 15) is 13.2 Å². The number of hydrogen-bond donors (Lipinski definition) is 1. The average Bonchev–Trinajstić information content (AvgIpc) is 2.71. The molecule has 2 aromatic rings. The summed E-state index contributed by atoms with van der Waals surface area (Å²) in [7, 11) is -3.60. The van der Waals surface area contributed by atoms with E-state index in [1.807, 2.05) is 24.3 Å². The van der Waals surface area contributed by atoms with Crippen LogP contribution in [0.15, 0.2) is 54.6 Å². The van der Waals surface area contributed by atoms with E-state index >= 15 is 0 Å². The molecule has 7 heteroatoms. The highest BCUT2D eigenvalue weighted by atomic mass is 32.2. The van der Waals surface area contributed by atoms with Crippen molar-refractivity contribution in [3.05, 3.63) is 60.2 Å². The molecule has 2 aromatic carbocycles. The molecule has 0 saturated heterocycles. The van der Waals surface area contributed by atoms with Crippen LogP contribution >= 0.6 is 0 Å². The van der Waals surface area contributed by atoms with Gasteiger partial charge in [0, 0.05) is 12.0 Å². The van der Waals surface area contributed by atoms with Crippen molar-refractivity contribution in [2.75, 3.05) is 17.1 Å². The Morgan fingerprint density at radius 3 is 2.34 bits per heavy atom. The van der Waals surface area contributed by atoms with Gasteiger partial charge in [0.2, 0.25) is 15.9 Å². The smallest absolute Gasteiger partial charge is 0.241 e. The maximum absolute atomic E-state index is 12.9. The summed E-state index contributed by atoms with van der Waals surface area (Å²) in [5, 5.41) is 3.05. The topological polar surface area (TPSA) is 75.7 Å². The van der Waals surface area contributed by atoms with Crippen molar-refractivity contribution in [1.29, 1.82) is 0 Å². The molecular weight excluding hydrogens is 388 g/mol. The fourth-order valence-corrected chi connectivity index (χ4v) is 4.65. The van der Waals surface area contributed by atoms with Crippen LogP contribution in [0.1, 0.15) is 44.7 Å². The number of fused-ring (bicyclic) bond motifs is 1. The van der Waals surface area contributed by atoms with E-state index in [0.717, 1.165) is 34.7 Å². The summed E-state index contributed by atoms with van der Waals surface area (Å²) in [5.41, 5.74) is 1.04. The first kappa shape index (κ1) is 21.2. The van der Waals surface area contributed by atoms with Crippen LogP contribution < -0.4 is 14.4 Å². The van der Waals surface area contributed by atoms with Gasteiger partial charge in [0.1, 0.15) is 17.9 Å². The van der Waals surface area contributed by atoms with Gasteiger partial charge in [0.15, 0.2) is 0 Å². The molecule has 0 spiro atoms. The summed E-state index contributed by atoms with van der Waals surface area (Å²) in [5.74, 6) is 0.429. The number of benzene rings is 2. The molecule has 0 aromatic heterocycles. The van der Waals surface area contributed by atoms with Gasteiger partial charge in [-0.15, -0.1) is 0 Å². The summed E-state index contributed by atoms with van der Waals surface area (Å²) in [6, 6.07) is 16.1. The molecule has 0 aliphatic carbocycles. The minimum Gasteiger partial charge on any atom is -0.487 e. The normalized spacial score (nSPS) is 17.7. The second kappa shape index (κ2) is 8.45. The van der Waals surface area contributed by atoms with Crippen molar-refractivity contribution in [3.8, 4) is 5.75 Å². The number of anilines is 1. The highest BCUT2D eigenvalue weighted by molar-refractivity contribution is 7.92.